The van der Waals surface area contributed by atoms with Crippen molar-refractivity contribution in [1.82, 2.24) is 39.8 Å². The average molecular weight is 637 g/mol. The molecule has 0 saturated heterocycles. The molecule has 1 saturated carbocycles. The first-order valence-electron chi connectivity index (χ1n) is 15.5. The summed E-state index contributed by atoms with van der Waals surface area (Å²) in [6.45, 7) is 7.81. The molecule has 0 radical (unpaired) electrons. The Balaban J connectivity index is 0.00000240. The molecule has 0 bridgehead atoms. The fraction of sp³-hybridized carbons (Fsp3) is 0.455. The Morgan fingerprint density at radius 2 is 1.78 bits per heavy atom. The number of benzene rings is 2. The molecule has 0 unspecified atom stereocenters. The van der Waals surface area contributed by atoms with Crippen molar-refractivity contribution in [2.75, 3.05) is 6.61 Å². The van der Waals surface area contributed by atoms with Crippen LogP contribution in [0.2, 0.25) is 0 Å². The molecule has 3 aromatic heterocycles. The molecule has 1 aliphatic rings. The molecule has 12 heteroatoms. The number of aryl methyl sites for hydroxylation is 2. The topological polar surface area (TPSA) is 136 Å². The second-order valence-electron chi connectivity index (χ2n) is 12.4. The number of hydrogen-bond acceptors (Lipinski definition) is 8. The zero-order chi connectivity index (χ0) is 30.8. The van der Waals surface area contributed by atoms with Crippen LogP contribution in [0, 0.1) is 6.92 Å². The molecule has 45 heavy (non-hydrogen) atoms. The third kappa shape index (κ3) is 7.53. The molecular formula is C33H41KN8O3. The number of aromatic nitrogens is 8. The number of nitrogens with one attached hydrogen (secondary N) is 1. The van der Waals surface area contributed by atoms with Gasteiger partial charge >= 0.3 is 51.4 Å². The van der Waals surface area contributed by atoms with Gasteiger partial charge in [-0.25, -0.2) is 4.52 Å². The van der Waals surface area contributed by atoms with Crippen LogP contribution in [0.1, 0.15) is 83.0 Å². The Morgan fingerprint density at radius 1 is 1.07 bits per heavy atom. The fourth-order valence-corrected chi connectivity index (χ4v) is 6.23. The van der Waals surface area contributed by atoms with Gasteiger partial charge in [-0.3, -0.25) is 9.36 Å². The first-order chi connectivity index (χ1) is 21.2. The van der Waals surface area contributed by atoms with Gasteiger partial charge in [-0.1, -0.05) is 61.9 Å². The van der Waals surface area contributed by atoms with Crippen LogP contribution in [-0.2, 0) is 17.6 Å². The Kier molecular flexibility index (Phi) is 10.8. The molecule has 2 N–H and O–H groups in total. The van der Waals surface area contributed by atoms with Crippen LogP contribution in [0.25, 0.3) is 28.3 Å². The molecule has 3 heterocycles. The fourth-order valence-electron chi connectivity index (χ4n) is 6.23. The van der Waals surface area contributed by atoms with E-state index in [2.05, 4.69) is 51.8 Å². The maximum atomic E-state index is 14.4. The number of ether oxygens (including phenoxy) is 1. The number of tetrazole rings is 1. The van der Waals surface area contributed by atoms with Gasteiger partial charge in [-0.2, -0.15) is 15.3 Å². The predicted octanol–water partition coefficient (Wildman–Crippen LogP) is 1.98. The van der Waals surface area contributed by atoms with Crippen molar-refractivity contribution in [3.63, 3.8) is 0 Å². The maximum absolute atomic E-state index is 14.4. The molecule has 5 aromatic rings. The third-order valence-corrected chi connectivity index (χ3v) is 8.32. The summed E-state index contributed by atoms with van der Waals surface area (Å²) in [6, 6.07) is 16.3. The Bertz CT molecular complexity index is 1790. The van der Waals surface area contributed by atoms with Gasteiger partial charge in [0.1, 0.15) is 5.82 Å². The van der Waals surface area contributed by atoms with E-state index in [0.717, 1.165) is 72.0 Å². The first-order valence-corrected chi connectivity index (χ1v) is 15.5. The van der Waals surface area contributed by atoms with Gasteiger partial charge in [0, 0.05) is 23.6 Å². The second kappa shape index (κ2) is 14.5. The van der Waals surface area contributed by atoms with E-state index < -0.39 is 5.60 Å². The summed E-state index contributed by atoms with van der Waals surface area (Å²) in [7, 11) is 0. The van der Waals surface area contributed by atoms with Crippen LogP contribution in [0.3, 0.4) is 0 Å². The van der Waals surface area contributed by atoms with Gasteiger partial charge in [-0.05, 0) is 74.8 Å². The minimum atomic E-state index is -0.862. The van der Waals surface area contributed by atoms with E-state index in [0.29, 0.717) is 30.5 Å². The van der Waals surface area contributed by atoms with Crippen molar-refractivity contribution >= 4 is 5.78 Å². The quantitative estimate of drug-likeness (QED) is 0.222. The molecule has 11 nitrogen and oxygen atoms in total. The Hall–Kier alpha value is -2.58. The van der Waals surface area contributed by atoms with E-state index in [1.165, 1.54) is 0 Å². The molecule has 0 atom stereocenters. The maximum Gasteiger partial charge on any atom is 1.00 e. The minimum Gasteiger partial charge on any atom is -1.00 e. The Morgan fingerprint density at radius 3 is 2.42 bits per heavy atom. The van der Waals surface area contributed by atoms with E-state index in [1.54, 1.807) is 13.8 Å². The SMILES string of the molecule is CCCc1c(Cc2ccc(-c3ccccc3-c3nn[nH]n3)cc2)c(=O)n(C2CCC(OCC(C)(C)O)CC2)c2nc(C)nn12.[H-].[K+]. The van der Waals surface area contributed by atoms with Crippen molar-refractivity contribution in [2.45, 2.75) is 90.4 Å². The van der Waals surface area contributed by atoms with Crippen LogP contribution in [0.4, 0.5) is 0 Å². The van der Waals surface area contributed by atoms with Crippen molar-refractivity contribution < 1.29 is 62.7 Å². The molecule has 6 rings (SSSR count). The number of aromatic amines is 1. The van der Waals surface area contributed by atoms with Gasteiger partial charge in [0.05, 0.1) is 24.0 Å². The van der Waals surface area contributed by atoms with Crippen molar-refractivity contribution in [1.29, 1.82) is 0 Å². The molecule has 1 aliphatic carbocycles. The van der Waals surface area contributed by atoms with Gasteiger partial charge in [0.2, 0.25) is 11.6 Å². The Labute approximate surface area is 306 Å². The number of nitrogens with zero attached hydrogens (tertiary/aromatic N) is 7. The van der Waals surface area contributed by atoms with Crippen LogP contribution in [0.15, 0.2) is 53.3 Å². The summed E-state index contributed by atoms with van der Waals surface area (Å²) in [5, 5.41) is 29.4. The zero-order valence-electron chi connectivity index (χ0n) is 27.8. The van der Waals surface area contributed by atoms with Crippen LogP contribution < -0.4 is 56.9 Å². The molecule has 232 valence electrons. The minimum absolute atomic E-state index is 0. The number of H-pyrrole nitrogens is 1. The molecule has 1 fully saturated rings. The molecular weight excluding hydrogens is 596 g/mol. The number of fused-ring (bicyclic) bond motifs is 1. The summed E-state index contributed by atoms with van der Waals surface area (Å²) in [6.07, 6.45) is 5.46. The van der Waals surface area contributed by atoms with Gasteiger partial charge in [-0.15, -0.1) is 10.2 Å². The number of aliphatic hydroxyl groups is 1. The zero-order valence-corrected chi connectivity index (χ0v) is 29.9. The monoisotopic (exact) mass is 636 g/mol. The van der Waals surface area contributed by atoms with Crippen LogP contribution in [-0.4, -0.2) is 63.2 Å². The molecule has 0 spiro atoms. The normalized spacial score (nSPS) is 17.0. The summed E-state index contributed by atoms with van der Waals surface area (Å²) in [5.41, 5.74) is 4.84. The molecule has 2 aromatic carbocycles. The van der Waals surface area contributed by atoms with Crippen LogP contribution >= 0.6 is 0 Å². The summed E-state index contributed by atoms with van der Waals surface area (Å²) in [5.74, 6) is 1.82. The second-order valence-corrected chi connectivity index (χ2v) is 12.4. The first kappa shape index (κ1) is 33.8. The van der Waals surface area contributed by atoms with Crippen molar-refractivity contribution in [3.8, 4) is 22.5 Å². The van der Waals surface area contributed by atoms with Gasteiger partial charge < -0.3 is 11.3 Å². The average Bonchev–Trinajstić information content (AvgIpc) is 3.69. The number of rotatable bonds is 10. The third-order valence-electron chi connectivity index (χ3n) is 8.32. The summed E-state index contributed by atoms with van der Waals surface area (Å²) >= 11 is 0. The summed E-state index contributed by atoms with van der Waals surface area (Å²) in [4.78, 5) is 19.1. The van der Waals surface area contributed by atoms with E-state index in [1.807, 2.05) is 40.3 Å². The van der Waals surface area contributed by atoms with E-state index in [9.17, 15) is 9.90 Å². The van der Waals surface area contributed by atoms with Crippen LogP contribution in [0.5, 0.6) is 0 Å². The van der Waals surface area contributed by atoms with E-state index in [-0.39, 0.29) is 70.5 Å². The molecule has 0 amide bonds. The smallest absolute Gasteiger partial charge is 1.00 e. The van der Waals surface area contributed by atoms with Gasteiger partial charge in [0.15, 0.2) is 0 Å². The summed E-state index contributed by atoms with van der Waals surface area (Å²) < 4.78 is 9.78. The molecule has 0 aliphatic heterocycles. The van der Waals surface area contributed by atoms with E-state index >= 15 is 0 Å². The van der Waals surface area contributed by atoms with Gasteiger partial charge in [0.25, 0.3) is 5.56 Å². The number of hydrogen-bond donors (Lipinski definition) is 2. The largest absolute Gasteiger partial charge is 1.00 e. The van der Waals surface area contributed by atoms with Crippen molar-refractivity contribution in [3.05, 3.63) is 81.5 Å². The van der Waals surface area contributed by atoms with Crippen molar-refractivity contribution in [2.24, 2.45) is 0 Å². The van der Waals surface area contributed by atoms with E-state index in [4.69, 9.17) is 14.8 Å². The standard InChI is InChI=1S/C33H40N8O3.K.H/c1-5-8-29-28(19-22-11-13-23(14-12-22)26-9-6-7-10-27(26)30-35-38-39-36-30)31(42)40(32-34-21(2)37-41(29)32)24-15-17-25(18-16-24)44-20-33(3,4)43;;/h6-7,9-14,24-25,43H,5,8,15-20H2,1-4H3,(H,35,36,38,39);;/q;+1;-1. The predicted molar refractivity (Wildman–Crippen MR) is 168 cm³/mol.